The van der Waals surface area contributed by atoms with Crippen LogP contribution < -0.4 is 10.2 Å². The lowest BCUT2D eigenvalue weighted by molar-refractivity contribution is -0.122. The average molecular weight is 588 g/mol. The second kappa shape index (κ2) is 13.3. The van der Waals surface area contributed by atoms with E-state index in [1.54, 1.807) is 4.90 Å². The summed E-state index contributed by atoms with van der Waals surface area (Å²) in [7, 11) is 0. The van der Waals surface area contributed by atoms with Gasteiger partial charge in [0.15, 0.2) is 5.82 Å². The molecule has 41 heavy (non-hydrogen) atoms. The molecule has 0 radical (unpaired) electrons. The maximum absolute atomic E-state index is 13.3. The van der Waals surface area contributed by atoms with Gasteiger partial charge in [-0.2, -0.15) is 0 Å². The normalized spacial score (nSPS) is 14.6. The number of benzene rings is 3. The Bertz CT molecular complexity index is 1510. The third-order valence-electron chi connectivity index (χ3n) is 7.22. The summed E-state index contributed by atoms with van der Waals surface area (Å²) >= 11 is 12.3. The van der Waals surface area contributed by atoms with E-state index in [2.05, 4.69) is 5.32 Å². The van der Waals surface area contributed by atoms with Gasteiger partial charge in [-0.3, -0.25) is 14.5 Å². The summed E-state index contributed by atoms with van der Waals surface area (Å²) in [6.07, 6.45) is 4.44. The first-order valence-corrected chi connectivity index (χ1v) is 14.7. The molecule has 5 rings (SSSR count). The SMILES string of the molecule is CC1Cc2nc(-c3ccc(Cl)cc3)c(-c3ccc(Cl)cc3)nc2N(CCCCCCC(=O)Nc2ccccc2)C1=O. The Kier molecular flexibility index (Phi) is 9.32. The predicted octanol–water partition coefficient (Wildman–Crippen LogP) is 8.23. The van der Waals surface area contributed by atoms with Crippen molar-refractivity contribution in [2.24, 2.45) is 5.92 Å². The highest BCUT2D eigenvalue weighted by atomic mass is 35.5. The largest absolute Gasteiger partial charge is 0.326 e. The van der Waals surface area contributed by atoms with E-state index in [4.69, 9.17) is 33.2 Å². The zero-order valence-corrected chi connectivity index (χ0v) is 24.5. The van der Waals surface area contributed by atoms with E-state index in [-0.39, 0.29) is 17.7 Å². The van der Waals surface area contributed by atoms with Crippen molar-refractivity contribution in [1.82, 2.24) is 9.97 Å². The zero-order chi connectivity index (χ0) is 28.8. The molecule has 4 aromatic rings. The Morgan fingerprint density at radius 1 is 0.829 bits per heavy atom. The molecule has 1 aliphatic heterocycles. The maximum atomic E-state index is 13.3. The molecule has 0 aliphatic carbocycles. The number of para-hydroxylation sites is 1. The molecule has 1 N–H and O–H groups in total. The van der Waals surface area contributed by atoms with Gasteiger partial charge in [-0.05, 0) is 49.2 Å². The predicted molar refractivity (Wildman–Crippen MR) is 166 cm³/mol. The first-order chi connectivity index (χ1) is 19.9. The summed E-state index contributed by atoms with van der Waals surface area (Å²) in [6.45, 7) is 2.50. The topological polar surface area (TPSA) is 75.2 Å². The lowest BCUT2D eigenvalue weighted by atomic mass is 9.96. The van der Waals surface area contributed by atoms with Crippen molar-refractivity contribution in [3.05, 3.63) is 94.6 Å². The number of rotatable bonds is 10. The Labute approximate surface area is 250 Å². The zero-order valence-electron chi connectivity index (χ0n) is 22.9. The maximum Gasteiger partial charge on any atom is 0.231 e. The first kappa shape index (κ1) is 28.8. The van der Waals surface area contributed by atoms with Crippen molar-refractivity contribution in [3.63, 3.8) is 0 Å². The number of nitrogens with zero attached hydrogens (tertiary/aromatic N) is 3. The number of halogens is 2. The summed E-state index contributed by atoms with van der Waals surface area (Å²) in [5.41, 5.74) is 4.85. The molecule has 1 unspecified atom stereocenters. The van der Waals surface area contributed by atoms with Gasteiger partial charge in [-0.1, -0.05) is 85.4 Å². The lowest BCUT2D eigenvalue weighted by Gasteiger charge is -2.32. The van der Waals surface area contributed by atoms with Crippen molar-refractivity contribution in [1.29, 1.82) is 0 Å². The highest BCUT2D eigenvalue weighted by Gasteiger charge is 2.33. The Balaban J connectivity index is 1.30. The van der Waals surface area contributed by atoms with E-state index in [1.807, 2.05) is 85.8 Å². The second-order valence-corrected chi connectivity index (χ2v) is 11.3. The molecule has 0 saturated heterocycles. The average Bonchev–Trinajstić information content (AvgIpc) is 2.97. The number of carbonyl (C=O) groups excluding carboxylic acids is 2. The summed E-state index contributed by atoms with van der Waals surface area (Å²) in [6, 6.07) is 24.5. The van der Waals surface area contributed by atoms with E-state index >= 15 is 0 Å². The van der Waals surface area contributed by atoms with E-state index in [1.165, 1.54) is 0 Å². The van der Waals surface area contributed by atoms with Gasteiger partial charge in [0, 0.05) is 52.2 Å². The number of unbranched alkanes of at least 4 members (excludes halogenated alkanes) is 3. The number of amides is 2. The molecule has 2 amide bonds. The van der Waals surface area contributed by atoms with Crippen LogP contribution in [0.4, 0.5) is 11.5 Å². The molecule has 1 aromatic heterocycles. The first-order valence-electron chi connectivity index (χ1n) is 14.0. The molecule has 0 fully saturated rings. The molecule has 1 aliphatic rings. The van der Waals surface area contributed by atoms with Crippen LogP contribution in [0.3, 0.4) is 0 Å². The third-order valence-corrected chi connectivity index (χ3v) is 7.72. The molecule has 0 saturated carbocycles. The summed E-state index contributed by atoms with van der Waals surface area (Å²) in [5.74, 6) is 0.526. The van der Waals surface area contributed by atoms with Gasteiger partial charge in [0.1, 0.15) is 0 Å². The van der Waals surface area contributed by atoms with Crippen LogP contribution >= 0.6 is 23.2 Å². The smallest absolute Gasteiger partial charge is 0.231 e. The number of aromatic nitrogens is 2. The van der Waals surface area contributed by atoms with Gasteiger partial charge in [-0.15, -0.1) is 0 Å². The van der Waals surface area contributed by atoms with E-state index in [9.17, 15) is 9.59 Å². The molecular weight excluding hydrogens is 555 g/mol. The Hall–Kier alpha value is -3.74. The summed E-state index contributed by atoms with van der Waals surface area (Å²) < 4.78 is 0. The Morgan fingerprint density at radius 3 is 2.05 bits per heavy atom. The molecule has 0 bridgehead atoms. The minimum atomic E-state index is -0.182. The fraction of sp³-hybridized carbons (Fsp3) is 0.273. The third kappa shape index (κ3) is 7.13. The molecule has 6 nitrogen and oxygen atoms in total. The fourth-order valence-corrected chi connectivity index (χ4v) is 5.30. The van der Waals surface area contributed by atoms with Crippen LogP contribution in [-0.2, 0) is 16.0 Å². The van der Waals surface area contributed by atoms with Crippen LogP contribution in [0.5, 0.6) is 0 Å². The fourth-order valence-electron chi connectivity index (χ4n) is 5.05. The molecule has 0 spiro atoms. The van der Waals surface area contributed by atoms with E-state index < -0.39 is 0 Å². The minimum Gasteiger partial charge on any atom is -0.326 e. The number of hydrogen-bond donors (Lipinski definition) is 1. The van der Waals surface area contributed by atoms with Crippen LogP contribution in [0.25, 0.3) is 22.5 Å². The van der Waals surface area contributed by atoms with Gasteiger partial charge in [-0.25, -0.2) is 9.97 Å². The number of carbonyl (C=O) groups is 2. The van der Waals surface area contributed by atoms with Crippen molar-refractivity contribution < 1.29 is 9.59 Å². The quantitative estimate of drug-likeness (QED) is 0.190. The highest BCUT2D eigenvalue weighted by molar-refractivity contribution is 6.31. The van der Waals surface area contributed by atoms with Crippen LogP contribution in [0.1, 0.15) is 44.7 Å². The van der Waals surface area contributed by atoms with Crippen molar-refractivity contribution in [2.75, 3.05) is 16.8 Å². The van der Waals surface area contributed by atoms with Crippen LogP contribution in [0.15, 0.2) is 78.9 Å². The molecule has 8 heteroatoms. The monoisotopic (exact) mass is 586 g/mol. The lowest BCUT2D eigenvalue weighted by Crippen LogP contribution is -2.42. The number of nitrogens with one attached hydrogen (secondary N) is 1. The van der Waals surface area contributed by atoms with E-state index in [0.717, 1.165) is 53.9 Å². The minimum absolute atomic E-state index is 0.0201. The van der Waals surface area contributed by atoms with Crippen molar-refractivity contribution >= 4 is 46.5 Å². The van der Waals surface area contributed by atoms with E-state index in [0.29, 0.717) is 40.9 Å². The van der Waals surface area contributed by atoms with Crippen LogP contribution in [0.2, 0.25) is 10.0 Å². The standard InChI is InChI=1S/C33H32Cl2N4O2/c1-22-21-28-32(39(33(22)41)20-8-3-2-7-11-29(40)36-27-9-5-4-6-10-27)38-31(24-14-18-26(35)19-15-24)30(37-28)23-12-16-25(34)17-13-23/h4-6,9-10,12-19,22H,2-3,7-8,11,20-21H2,1H3,(H,36,40). The Morgan fingerprint density at radius 2 is 1.41 bits per heavy atom. The molecule has 2 heterocycles. The van der Waals surface area contributed by atoms with Crippen molar-refractivity contribution in [3.8, 4) is 22.5 Å². The van der Waals surface area contributed by atoms with Gasteiger partial charge < -0.3 is 5.32 Å². The molecular formula is C33H32Cl2N4O2. The van der Waals surface area contributed by atoms with Gasteiger partial charge in [0.25, 0.3) is 0 Å². The van der Waals surface area contributed by atoms with Gasteiger partial charge >= 0.3 is 0 Å². The van der Waals surface area contributed by atoms with Gasteiger partial charge in [0.2, 0.25) is 11.8 Å². The summed E-state index contributed by atoms with van der Waals surface area (Å²) in [4.78, 5) is 37.5. The van der Waals surface area contributed by atoms with Gasteiger partial charge in [0.05, 0.1) is 17.1 Å². The second-order valence-electron chi connectivity index (χ2n) is 10.4. The van der Waals surface area contributed by atoms with Crippen LogP contribution in [-0.4, -0.2) is 28.3 Å². The highest BCUT2D eigenvalue weighted by Crippen LogP contribution is 2.37. The van der Waals surface area contributed by atoms with Crippen LogP contribution in [0, 0.1) is 5.92 Å². The number of anilines is 2. The summed E-state index contributed by atoms with van der Waals surface area (Å²) in [5, 5.41) is 4.21. The number of hydrogen-bond acceptors (Lipinski definition) is 4. The molecule has 3 aromatic carbocycles. The van der Waals surface area contributed by atoms with Crippen molar-refractivity contribution in [2.45, 2.75) is 45.4 Å². The molecule has 1 atom stereocenters. The number of fused-ring (bicyclic) bond motifs is 1. The molecule has 210 valence electrons.